The molecule has 0 aromatic heterocycles. The molecule has 220 valence electrons. The van der Waals surface area contributed by atoms with Crippen LogP contribution in [0.3, 0.4) is 0 Å². The third-order valence-corrected chi connectivity index (χ3v) is 8.70. The van der Waals surface area contributed by atoms with Gasteiger partial charge in [0.05, 0.1) is 24.8 Å². The van der Waals surface area contributed by atoms with Crippen LogP contribution in [0.5, 0.6) is 11.5 Å². The number of nitrogens with one attached hydrogen (secondary N) is 1. The molecule has 0 bridgehead atoms. The number of para-hydroxylation sites is 2. The molecule has 2 atom stereocenters. The van der Waals surface area contributed by atoms with Crippen LogP contribution in [0.25, 0.3) is 0 Å². The Balaban J connectivity index is 2.07. The first-order chi connectivity index (χ1) is 19.5. The first-order valence-electron chi connectivity index (χ1n) is 13.2. The Morgan fingerprint density at radius 2 is 1.63 bits per heavy atom. The summed E-state index contributed by atoms with van der Waals surface area (Å²) in [6.45, 7) is 4.89. The minimum Gasteiger partial charge on any atom is -0.497 e. The molecule has 0 spiro atoms. The second-order valence-corrected chi connectivity index (χ2v) is 11.8. The molecular formula is C30H36ClN3O6S. The van der Waals surface area contributed by atoms with Crippen LogP contribution in [0.2, 0.25) is 5.02 Å². The van der Waals surface area contributed by atoms with Crippen LogP contribution >= 0.6 is 11.6 Å². The molecule has 0 heterocycles. The SMILES string of the molecule is CC[C@H](C)NC(=O)[C@H](C)N(Cc1cccc(Cl)c1)C(=O)CN(c1ccccc1OC)S(=O)(=O)c1ccc(OC)cc1. The van der Waals surface area contributed by atoms with Crippen molar-refractivity contribution in [2.45, 2.75) is 50.7 Å². The van der Waals surface area contributed by atoms with Crippen LogP contribution in [-0.2, 0) is 26.2 Å². The molecule has 0 aliphatic heterocycles. The zero-order valence-electron chi connectivity index (χ0n) is 23.8. The van der Waals surface area contributed by atoms with Gasteiger partial charge in [0.1, 0.15) is 24.1 Å². The molecule has 9 nitrogen and oxygen atoms in total. The molecule has 0 aliphatic rings. The molecule has 0 unspecified atom stereocenters. The highest BCUT2D eigenvalue weighted by molar-refractivity contribution is 7.92. The van der Waals surface area contributed by atoms with Gasteiger partial charge in [-0.05, 0) is 74.4 Å². The predicted molar refractivity (Wildman–Crippen MR) is 160 cm³/mol. The molecule has 1 N–H and O–H groups in total. The van der Waals surface area contributed by atoms with Crippen molar-refractivity contribution in [3.8, 4) is 11.5 Å². The first-order valence-corrected chi connectivity index (χ1v) is 15.0. The van der Waals surface area contributed by atoms with E-state index in [1.165, 1.54) is 43.4 Å². The molecule has 3 aromatic carbocycles. The van der Waals surface area contributed by atoms with Crippen molar-refractivity contribution in [2.75, 3.05) is 25.1 Å². The smallest absolute Gasteiger partial charge is 0.264 e. The van der Waals surface area contributed by atoms with E-state index in [9.17, 15) is 18.0 Å². The number of hydrogen-bond donors (Lipinski definition) is 1. The topological polar surface area (TPSA) is 105 Å². The van der Waals surface area contributed by atoms with Gasteiger partial charge in [0.15, 0.2) is 0 Å². The van der Waals surface area contributed by atoms with Crippen LogP contribution in [0.4, 0.5) is 5.69 Å². The van der Waals surface area contributed by atoms with Gasteiger partial charge in [0, 0.05) is 17.6 Å². The van der Waals surface area contributed by atoms with Crippen LogP contribution in [-0.4, -0.2) is 58.0 Å². The molecule has 41 heavy (non-hydrogen) atoms. The number of methoxy groups -OCH3 is 2. The summed E-state index contributed by atoms with van der Waals surface area (Å²) in [6, 6.07) is 18.4. The molecule has 2 amide bonds. The molecule has 3 aromatic rings. The summed E-state index contributed by atoms with van der Waals surface area (Å²) in [5.41, 5.74) is 0.870. The quantitative estimate of drug-likeness (QED) is 0.299. The van der Waals surface area contributed by atoms with Crippen molar-refractivity contribution < 1.29 is 27.5 Å². The van der Waals surface area contributed by atoms with Gasteiger partial charge in [-0.1, -0.05) is 42.8 Å². The number of sulfonamides is 1. The van der Waals surface area contributed by atoms with Crippen molar-refractivity contribution in [1.82, 2.24) is 10.2 Å². The van der Waals surface area contributed by atoms with E-state index in [-0.39, 0.29) is 34.8 Å². The fraction of sp³-hybridized carbons (Fsp3) is 0.333. The Morgan fingerprint density at radius 1 is 0.951 bits per heavy atom. The maximum atomic E-state index is 14.0. The molecule has 0 radical (unpaired) electrons. The molecule has 0 aliphatic carbocycles. The van der Waals surface area contributed by atoms with Crippen molar-refractivity contribution in [1.29, 1.82) is 0 Å². The Kier molecular flexibility index (Phi) is 11.0. The number of amides is 2. The van der Waals surface area contributed by atoms with Gasteiger partial charge in [0.2, 0.25) is 11.8 Å². The average Bonchev–Trinajstić information content (AvgIpc) is 2.98. The van der Waals surface area contributed by atoms with E-state index in [4.69, 9.17) is 21.1 Å². The lowest BCUT2D eigenvalue weighted by atomic mass is 10.1. The zero-order chi connectivity index (χ0) is 30.2. The Morgan fingerprint density at radius 3 is 2.24 bits per heavy atom. The number of rotatable bonds is 13. The van der Waals surface area contributed by atoms with Crippen LogP contribution in [0.15, 0.2) is 77.7 Å². The third-order valence-electron chi connectivity index (χ3n) is 6.69. The van der Waals surface area contributed by atoms with E-state index < -0.39 is 28.5 Å². The first kappa shape index (κ1) is 31.8. The van der Waals surface area contributed by atoms with Crippen molar-refractivity contribution >= 4 is 39.1 Å². The Labute approximate surface area is 247 Å². The number of ether oxygens (including phenoxy) is 2. The standard InChI is InChI=1S/C30H36ClN3O6S/c1-6-21(2)32-30(36)22(3)33(19-23-10-9-11-24(31)18-23)29(35)20-34(27-12-7-8-13-28(27)40-5)41(37,38)26-16-14-25(39-4)15-17-26/h7-18,21-22H,6,19-20H2,1-5H3,(H,32,36)/t21-,22-/m0/s1. The fourth-order valence-electron chi connectivity index (χ4n) is 4.10. The molecular weight excluding hydrogens is 566 g/mol. The zero-order valence-corrected chi connectivity index (χ0v) is 25.4. The van der Waals surface area contributed by atoms with E-state index in [1.54, 1.807) is 55.5 Å². The monoisotopic (exact) mass is 601 g/mol. The summed E-state index contributed by atoms with van der Waals surface area (Å²) >= 11 is 6.19. The number of carbonyl (C=O) groups is 2. The highest BCUT2D eigenvalue weighted by atomic mass is 35.5. The molecule has 0 saturated heterocycles. The molecule has 0 saturated carbocycles. The van der Waals surface area contributed by atoms with E-state index in [2.05, 4.69) is 5.32 Å². The Hall–Kier alpha value is -3.76. The van der Waals surface area contributed by atoms with Gasteiger partial charge in [-0.2, -0.15) is 0 Å². The average molecular weight is 602 g/mol. The van der Waals surface area contributed by atoms with Crippen LogP contribution < -0.4 is 19.1 Å². The van der Waals surface area contributed by atoms with Crippen molar-refractivity contribution in [3.63, 3.8) is 0 Å². The van der Waals surface area contributed by atoms with Gasteiger partial charge in [-0.3, -0.25) is 13.9 Å². The number of benzene rings is 3. The highest BCUT2D eigenvalue weighted by Crippen LogP contribution is 2.33. The minimum absolute atomic E-state index is 0.0385. The van der Waals surface area contributed by atoms with E-state index in [1.807, 2.05) is 13.8 Å². The minimum atomic E-state index is -4.26. The summed E-state index contributed by atoms with van der Waals surface area (Å²) in [6.07, 6.45) is 0.711. The predicted octanol–water partition coefficient (Wildman–Crippen LogP) is 4.88. The van der Waals surface area contributed by atoms with Crippen molar-refractivity contribution in [3.05, 3.63) is 83.4 Å². The summed E-state index contributed by atoms with van der Waals surface area (Å²) in [4.78, 5) is 28.5. The lowest BCUT2D eigenvalue weighted by Gasteiger charge is -2.32. The van der Waals surface area contributed by atoms with Gasteiger partial charge >= 0.3 is 0 Å². The number of anilines is 1. The summed E-state index contributed by atoms with van der Waals surface area (Å²) in [5, 5.41) is 3.39. The van der Waals surface area contributed by atoms with Crippen molar-refractivity contribution in [2.24, 2.45) is 0 Å². The summed E-state index contributed by atoms with van der Waals surface area (Å²) < 4.78 is 39.7. The lowest BCUT2D eigenvalue weighted by molar-refractivity contribution is -0.139. The number of nitrogens with zero attached hydrogens (tertiary/aromatic N) is 2. The second-order valence-electron chi connectivity index (χ2n) is 9.50. The molecule has 11 heteroatoms. The van der Waals surface area contributed by atoms with Gasteiger partial charge in [0.25, 0.3) is 10.0 Å². The van der Waals surface area contributed by atoms with Gasteiger partial charge in [-0.25, -0.2) is 8.42 Å². The number of hydrogen-bond acceptors (Lipinski definition) is 6. The lowest BCUT2D eigenvalue weighted by Crippen LogP contribution is -2.52. The second kappa shape index (κ2) is 14.2. The van der Waals surface area contributed by atoms with Crippen LogP contribution in [0.1, 0.15) is 32.8 Å². The number of carbonyl (C=O) groups excluding carboxylic acids is 2. The highest BCUT2D eigenvalue weighted by Gasteiger charge is 2.34. The van der Waals surface area contributed by atoms with E-state index in [0.29, 0.717) is 22.8 Å². The van der Waals surface area contributed by atoms with E-state index >= 15 is 0 Å². The largest absolute Gasteiger partial charge is 0.497 e. The normalized spacial score (nSPS) is 12.6. The number of halogens is 1. The van der Waals surface area contributed by atoms with E-state index in [0.717, 1.165) is 4.31 Å². The third kappa shape index (κ3) is 7.92. The van der Waals surface area contributed by atoms with Gasteiger partial charge < -0.3 is 19.7 Å². The van der Waals surface area contributed by atoms with Gasteiger partial charge in [-0.15, -0.1) is 0 Å². The Bertz CT molecular complexity index is 1450. The fourth-order valence-corrected chi connectivity index (χ4v) is 5.74. The molecule has 0 fully saturated rings. The summed E-state index contributed by atoms with van der Waals surface area (Å²) in [5.74, 6) is -0.185. The van der Waals surface area contributed by atoms with Crippen LogP contribution in [0, 0.1) is 0 Å². The molecule has 3 rings (SSSR count). The summed E-state index contributed by atoms with van der Waals surface area (Å²) in [7, 11) is -1.36. The maximum Gasteiger partial charge on any atom is 0.264 e. The maximum absolute atomic E-state index is 14.0.